The molecule has 0 aromatic rings. The molecule has 3 nitrogen and oxygen atoms in total. The molecular formula is HBKO3. The summed E-state index contributed by atoms with van der Waals surface area (Å²) >= 11 is 0. The van der Waals surface area contributed by atoms with Crippen molar-refractivity contribution < 1.29 is 14.8 Å². The van der Waals surface area contributed by atoms with E-state index in [0.717, 1.165) is 0 Å². The molecular weight excluding hydrogens is 97.9 g/mol. The standard InChI is InChI=1S/BHO3.K/c2-1-4-3;/h3H;. The summed E-state index contributed by atoms with van der Waals surface area (Å²) in [5.41, 5.74) is 0. The first-order valence-electron chi connectivity index (χ1n) is 0.654. The van der Waals surface area contributed by atoms with Gasteiger partial charge in [-0.1, -0.05) is 0 Å². The van der Waals surface area contributed by atoms with Crippen molar-refractivity contribution in [1.82, 2.24) is 0 Å². The van der Waals surface area contributed by atoms with Crippen LogP contribution in [-0.4, -0.2) is 64.0 Å². The van der Waals surface area contributed by atoms with Gasteiger partial charge in [-0.25, -0.2) is 0 Å². The van der Waals surface area contributed by atoms with Crippen molar-refractivity contribution >= 4 is 58.7 Å². The van der Waals surface area contributed by atoms with Gasteiger partial charge < -0.3 is 0 Å². The second kappa shape index (κ2) is 8.98. The second-order valence-electron chi connectivity index (χ2n) is 0.202. The van der Waals surface area contributed by atoms with Gasteiger partial charge >= 0.3 is 22.1 Å². The molecule has 0 aliphatic rings. The summed E-state index contributed by atoms with van der Waals surface area (Å²) in [5, 5.41) is 7.01. The van der Waals surface area contributed by atoms with Gasteiger partial charge in [-0.3, -0.25) is 0 Å². The number of hydrogen-bond donors (Lipinski definition) is 1. The molecule has 23 valence electrons. The normalized spacial score (nSPS) is 3.40. The Morgan fingerprint density at radius 3 is 2.00 bits per heavy atom. The molecule has 0 aromatic carbocycles. The van der Waals surface area contributed by atoms with Gasteiger partial charge in [0.05, 0.1) is 0 Å². The van der Waals surface area contributed by atoms with Crippen molar-refractivity contribution in [1.29, 1.82) is 0 Å². The summed E-state index contributed by atoms with van der Waals surface area (Å²) < 4.78 is 8.70. The monoisotopic (exact) mass is 99.0 g/mol. The van der Waals surface area contributed by atoms with Crippen molar-refractivity contribution in [2.75, 3.05) is 0 Å². The smallest absolute Gasteiger partial charge is 0 e. The number of hydrogen-bond acceptors (Lipinski definition) is 3. The molecule has 1 N–H and O–H groups in total. The van der Waals surface area contributed by atoms with Crippen LogP contribution in [0.2, 0.25) is 0 Å². The Balaban J connectivity index is 0. The maximum atomic E-state index is 8.70. The van der Waals surface area contributed by atoms with Crippen molar-refractivity contribution in [2.45, 2.75) is 0 Å². The summed E-state index contributed by atoms with van der Waals surface area (Å²) in [6.45, 7) is 0. The second-order valence-corrected chi connectivity index (χ2v) is 0.202. The Morgan fingerprint density at radius 2 is 2.00 bits per heavy atom. The zero-order chi connectivity index (χ0) is 3.41. The molecule has 0 spiro atoms. The van der Waals surface area contributed by atoms with Gasteiger partial charge in [0.2, 0.25) is 0 Å². The first-order chi connectivity index (χ1) is 1.91. The molecule has 5 heteroatoms. The summed E-state index contributed by atoms with van der Waals surface area (Å²) in [4.78, 5) is 2.86. The van der Waals surface area contributed by atoms with E-state index < -0.39 is 0 Å². The van der Waals surface area contributed by atoms with Crippen molar-refractivity contribution in [3.8, 4) is 0 Å². The predicted molar refractivity (Wildman–Crippen MR) is 15.9 cm³/mol. The van der Waals surface area contributed by atoms with Crippen LogP contribution >= 0.6 is 0 Å². The molecule has 0 unspecified atom stereocenters. The fraction of sp³-hybridized carbons (Fsp3) is 0. The van der Waals surface area contributed by atoms with Crippen LogP contribution < -0.4 is 0 Å². The Labute approximate surface area is 72.3 Å². The first kappa shape index (κ1) is 9.54. The van der Waals surface area contributed by atoms with E-state index in [1.165, 1.54) is 0 Å². The van der Waals surface area contributed by atoms with E-state index >= 15 is 0 Å². The van der Waals surface area contributed by atoms with E-state index in [0.29, 0.717) is 0 Å². The SMILES string of the molecule is O=BOO.[K]. The van der Waals surface area contributed by atoms with E-state index in [2.05, 4.69) is 4.81 Å². The molecule has 0 aliphatic carbocycles. The maximum Gasteiger partial charge on any atom is 0 e. The van der Waals surface area contributed by atoms with Crippen molar-refractivity contribution in [3.05, 3.63) is 0 Å². The van der Waals surface area contributed by atoms with E-state index in [4.69, 9.17) is 9.96 Å². The van der Waals surface area contributed by atoms with E-state index in [-0.39, 0.29) is 58.7 Å². The Kier molecular flexibility index (Phi) is 17.1. The zero-order valence-electron chi connectivity index (χ0n) is 2.84. The third-order valence-electron chi connectivity index (χ3n) is 0.0430. The molecule has 5 heavy (non-hydrogen) atoms. The van der Waals surface area contributed by atoms with Crippen molar-refractivity contribution in [2.24, 2.45) is 0 Å². The van der Waals surface area contributed by atoms with E-state index in [9.17, 15) is 0 Å². The van der Waals surface area contributed by atoms with E-state index in [1.807, 2.05) is 0 Å². The van der Waals surface area contributed by atoms with Crippen molar-refractivity contribution in [3.63, 3.8) is 0 Å². The Bertz CT molecular complexity index is 20.9. The average Bonchev–Trinajstić information content (AvgIpc) is 1.37. The van der Waals surface area contributed by atoms with Gasteiger partial charge in [0.1, 0.15) is 0 Å². The van der Waals surface area contributed by atoms with Crippen LogP contribution in [0.15, 0.2) is 0 Å². The van der Waals surface area contributed by atoms with Crippen LogP contribution in [0.1, 0.15) is 0 Å². The third kappa shape index (κ3) is 10.9. The van der Waals surface area contributed by atoms with E-state index in [1.54, 1.807) is 0 Å². The minimum atomic E-state index is -0.0694. The molecule has 0 bridgehead atoms. The molecule has 0 amide bonds. The zero-order valence-corrected chi connectivity index (χ0v) is 5.96. The minimum Gasteiger partial charge on any atom is 0 e. The van der Waals surface area contributed by atoms with Crippen LogP contribution in [0.5, 0.6) is 0 Å². The molecule has 0 aliphatic heterocycles. The van der Waals surface area contributed by atoms with Crippen LogP contribution in [-0.2, 0) is 9.51 Å². The maximum absolute atomic E-state index is 8.70. The Hall–Kier alpha value is 1.26. The molecule has 0 aromatic heterocycles. The van der Waals surface area contributed by atoms with Crippen LogP contribution in [0.4, 0.5) is 0 Å². The summed E-state index contributed by atoms with van der Waals surface area (Å²) in [5.74, 6) is 0. The predicted octanol–water partition coefficient (Wildman–Crippen LogP) is -0.940. The van der Waals surface area contributed by atoms with Crippen LogP contribution in [0.3, 0.4) is 0 Å². The third-order valence-corrected chi connectivity index (χ3v) is 0.0430. The molecule has 0 atom stereocenters. The fourth-order valence-corrected chi connectivity index (χ4v) is 0. The molecule has 0 heterocycles. The molecule has 0 rings (SSSR count). The van der Waals surface area contributed by atoms with Crippen LogP contribution in [0, 0.1) is 0 Å². The average molecular weight is 98.9 g/mol. The van der Waals surface area contributed by atoms with Gasteiger partial charge in [-0.05, 0) is 0 Å². The summed E-state index contributed by atoms with van der Waals surface area (Å²) in [7, 11) is -0.0694. The minimum absolute atomic E-state index is 0. The van der Waals surface area contributed by atoms with Crippen LogP contribution in [0.25, 0.3) is 0 Å². The summed E-state index contributed by atoms with van der Waals surface area (Å²) in [6, 6.07) is 0. The largest absolute Gasteiger partial charge is 0 e. The Morgan fingerprint density at radius 1 is 1.80 bits per heavy atom. The first-order valence-corrected chi connectivity index (χ1v) is 0.654. The molecule has 1 radical (unpaired) electrons. The fourth-order valence-electron chi connectivity index (χ4n) is 0. The summed E-state index contributed by atoms with van der Waals surface area (Å²) in [6.07, 6.45) is 0. The van der Waals surface area contributed by atoms with Gasteiger partial charge in [0, 0.05) is 51.4 Å². The molecule has 0 fully saturated rings. The van der Waals surface area contributed by atoms with Gasteiger partial charge in [-0.15, -0.1) is 0 Å². The molecule has 0 saturated heterocycles. The quantitative estimate of drug-likeness (QED) is 0.262. The topological polar surface area (TPSA) is 46.5 Å². The molecule has 0 saturated carbocycles. The number of rotatable bonds is 1. The van der Waals surface area contributed by atoms with Gasteiger partial charge in [0.15, 0.2) is 0 Å². The van der Waals surface area contributed by atoms with Gasteiger partial charge in [-0.2, -0.15) is 0 Å². The van der Waals surface area contributed by atoms with Gasteiger partial charge in [0.25, 0.3) is 0 Å².